The van der Waals surface area contributed by atoms with Crippen LogP contribution >= 0.6 is 0 Å². The molecule has 33 heavy (non-hydrogen) atoms. The Labute approximate surface area is 199 Å². The van der Waals surface area contributed by atoms with E-state index in [1.54, 1.807) is 33.0 Å². The summed E-state index contributed by atoms with van der Waals surface area (Å²) in [6, 6.07) is 23.8. The van der Waals surface area contributed by atoms with Crippen molar-refractivity contribution in [1.29, 1.82) is 0 Å². The van der Waals surface area contributed by atoms with E-state index in [1.807, 2.05) is 0 Å². The van der Waals surface area contributed by atoms with Gasteiger partial charge in [-0.3, -0.25) is 0 Å². The molecule has 0 heterocycles. The summed E-state index contributed by atoms with van der Waals surface area (Å²) in [5.74, 6) is 1.30. The predicted octanol–water partition coefficient (Wildman–Crippen LogP) is 9.35. The third-order valence-electron chi connectivity index (χ3n) is 9.38. The van der Waals surface area contributed by atoms with Crippen LogP contribution in [0, 0.1) is 0 Å². The van der Waals surface area contributed by atoms with Crippen molar-refractivity contribution >= 4 is 21.5 Å². The van der Waals surface area contributed by atoms with Gasteiger partial charge in [-0.2, -0.15) is 0 Å². The molecule has 3 aliphatic rings. The van der Waals surface area contributed by atoms with Gasteiger partial charge in [-0.1, -0.05) is 115 Å². The van der Waals surface area contributed by atoms with Gasteiger partial charge in [0.2, 0.25) is 0 Å². The molecule has 0 aromatic heterocycles. The molecule has 4 aromatic rings. The van der Waals surface area contributed by atoms with E-state index in [0.717, 1.165) is 0 Å². The van der Waals surface area contributed by atoms with E-state index in [0.29, 0.717) is 11.8 Å². The molecular formula is C33H36. The zero-order valence-corrected chi connectivity index (χ0v) is 21.0. The Morgan fingerprint density at radius 2 is 1.15 bits per heavy atom. The first-order valence-corrected chi connectivity index (χ1v) is 13.1. The molecule has 0 saturated carbocycles. The van der Waals surface area contributed by atoms with Gasteiger partial charge < -0.3 is 0 Å². The molecule has 168 valence electrons. The minimum Gasteiger partial charge on any atom is -0.0656 e. The smallest absolute Gasteiger partial charge is 0.0322 e. The highest BCUT2D eigenvalue weighted by Gasteiger charge is 2.60. The lowest BCUT2D eigenvalue weighted by Gasteiger charge is -2.38. The summed E-state index contributed by atoms with van der Waals surface area (Å²) in [7, 11) is 0. The molecule has 0 bridgehead atoms. The Bertz CT molecular complexity index is 1370. The molecule has 4 aromatic carbocycles. The van der Waals surface area contributed by atoms with Gasteiger partial charge in [0.1, 0.15) is 0 Å². The van der Waals surface area contributed by atoms with Crippen LogP contribution in [-0.2, 0) is 10.8 Å². The first kappa shape index (κ1) is 21.0. The van der Waals surface area contributed by atoms with Crippen molar-refractivity contribution in [2.24, 2.45) is 0 Å². The Balaban J connectivity index is 0.000000655. The van der Waals surface area contributed by atoms with Crippen LogP contribution in [0.4, 0.5) is 0 Å². The van der Waals surface area contributed by atoms with Crippen LogP contribution in [-0.4, -0.2) is 0 Å². The van der Waals surface area contributed by atoms with Crippen molar-refractivity contribution < 1.29 is 0 Å². The van der Waals surface area contributed by atoms with Gasteiger partial charge in [0, 0.05) is 10.8 Å². The normalized spacial score (nSPS) is 27.7. The molecule has 4 unspecified atom stereocenters. The van der Waals surface area contributed by atoms with Gasteiger partial charge in [-0.15, -0.1) is 0 Å². The fourth-order valence-corrected chi connectivity index (χ4v) is 7.82. The molecule has 0 saturated heterocycles. The third kappa shape index (κ3) is 2.23. The van der Waals surface area contributed by atoms with Crippen molar-refractivity contribution in [1.82, 2.24) is 0 Å². The average Bonchev–Trinajstić information content (AvgIpc) is 3.29. The molecular weight excluding hydrogens is 396 g/mol. The second kappa shape index (κ2) is 6.95. The van der Waals surface area contributed by atoms with Crippen molar-refractivity contribution in [2.75, 3.05) is 0 Å². The number of benzene rings is 4. The summed E-state index contributed by atoms with van der Waals surface area (Å²) in [6.07, 6.45) is 3.79. The molecule has 0 N–H and O–H groups in total. The minimum atomic E-state index is -0.0121. The van der Waals surface area contributed by atoms with Crippen molar-refractivity contribution in [3.05, 3.63) is 94.0 Å². The van der Waals surface area contributed by atoms with Crippen molar-refractivity contribution in [3.8, 4) is 0 Å². The molecule has 0 spiro atoms. The molecule has 7 rings (SSSR count). The van der Waals surface area contributed by atoms with Crippen LogP contribution in [0.15, 0.2) is 60.7 Å². The van der Waals surface area contributed by atoms with E-state index >= 15 is 0 Å². The highest BCUT2D eigenvalue weighted by Crippen LogP contribution is 2.68. The summed E-state index contributed by atoms with van der Waals surface area (Å²) in [6.45, 7) is 14.1. The summed E-state index contributed by atoms with van der Waals surface area (Å²) in [4.78, 5) is 0. The van der Waals surface area contributed by atoms with E-state index in [9.17, 15) is 0 Å². The van der Waals surface area contributed by atoms with Crippen LogP contribution in [0.2, 0.25) is 0 Å². The Morgan fingerprint density at radius 3 is 1.70 bits per heavy atom. The Morgan fingerprint density at radius 1 is 0.636 bits per heavy atom. The number of hydrogen-bond acceptors (Lipinski definition) is 0. The first-order valence-electron chi connectivity index (χ1n) is 13.1. The fraction of sp³-hybridized carbons (Fsp3) is 0.394. The predicted molar refractivity (Wildman–Crippen MR) is 143 cm³/mol. The number of rotatable bonds is 2. The van der Waals surface area contributed by atoms with Crippen LogP contribution in [0.5, 0.6) is 0 Å². The molecule has 0 nitrogen and oxygen atoms in total. The largest absolute Gasteiger partial charge is 0.0656 e. The van der Waals surface area contributed by atoms with Crippen LogP contribution in [0.1, 0.15) is 106 Å². The van der Waals surface area contributed by atoms with E-state index in [-0.39, 0.29) is 10.8 Å². The zero-order chi connectivity index (χ0) is 23.1. The zero-order valence-electron chi connectivity index (χ0n) is 21.0. The van der Waals surface area contributed by atoms with Crippen LogP contribution in [0.25, 0.3) is 21.5 Å². The highest BCUT2D eigenvalue weighted by atomic mass is 14.6. The molecule has 0 fully saturated rings. The van der Waals surface area contributed by atoms with Crippen LogP contribution in [0.3, 0.4) is 0 Å². The van der Waals surface area contributed by atoms with Gasteiger partial charge in [-0.25, -0.2) is 0 Å². The lowest BCUT2D eigenvalue weighted by molar-refractivity contribution is 0.402. The van der Waals surface area contributed by atoms with Gasteiger partial charge in [0.05, 0.1) is 0 Å². The summed E-state index contributed by atoms with van der Waals surface area (Å²) < 4.78 is 0. The summed E-state index contributed by atoms with van der Waals surface area (Å²) >= 11 is 0. The Kier molecular flexibility index (Phi) is 4.42. The quantitative estimate of drug-likeness (QED) is 0.296. The molecule has 0 aliphatic heterocycles. The fourth-order valence-electron chi connectivity index (χ4n) is 7.82. The van der Waals surface area contributed by atoms with E-state index < -0.39 is 0 Å². The maximum absolute atomic E-state index is 2.51. The van der Waals surface area contributed by atoms with E-state index in [1.165, 1.54) is 41.2 Å². The topological polar surface area (TPSA) is 0 Å². The average molecular weight is 433 g/mol. The molecule has 4 atom stereocenters. The second-order valence-electron chi connectivity index (χ2n) is 11.0. The van der Waals surface area contributed by atoms with Gasteiger partial charge in [0.15, 0.2) is 0 Å². The Hall–Kier alpha value is -2.60. The molecule has 0 heteroatoms. The molecule has 0 radical (unpaired) electrons. The van der Waals surface area contributed by atoms with Gasteiger partial charge >= 0.3 is 0 Å². The van der Waals surface area contributed by atoms with E-state index in [4.69, 9.17) is 0 Å². The first-order chi connectivity index (χ1) is 15.9. The van der Waals surface area contributed by atoms with Crippen LogP contribution < -0.4 is 0 Å². The second-order valence-corrected chi connectivity index (χ2v) is 11.0. The summed E-state index contributed by atoms with van der Waals surface area (Å²) in [5.41, 5.74) is 9.30. The SMILES string of the molecule is CCC.CCCC1c2ccc3c4c(ccc(c24)C1C)C1(C)c2cccc4cccc(c24)C31C. The lowest BCUT2D eigenvalue weighted by atomic mass is 9.62. The monoisotopic (exact) mass is 432 g/mol. The molecule has 0 amide bonds. The maximum atomic E-state index is 2.51. The van der Waals surface area contributed by atoms with Crippen molar-refractivity contribution in [3.63, 3.8) is 0 Å². The van der Waals surface area contributed by atoms with Gasteiger partial charge in [-0.05, 0) is 73.2 Å². The summed E-state index contributed by atoms with van der Waals surface area (Å²) in [5, 5.41) is 6.04. The lowest BCUT2D eigenvalue weighted by Crippen LogP contribution is -2.39. The highest BCUT2D eigenvalue weighted by molar-refractivity contribution is 6.06. The van der Waals surface area contributed by atoms with Gasteiger partial charge in [0.25, 0.3) is 0 Å². The third-order valence-corrected chi connectivity index (χ3v) is 9.38. The maximum Gasteiger partial charge on any atom is 0.0322 e. The minimum absolute atomic E-state index is 0.0121. The molecule has 3 aliphatic carbocycles. The standard InChI is InChI=1S/C30H28.C3H8/c1-5-8-19-17(2)20-13-15-24-28-25(16-14-21(19)27(20)28)30(4)23-12-7-10-18-9-6-11-22(26(18)23)29(24,30)3;1-3-2/h6-7,9-17,19H,5,8H2,1-4H3;3H2,1-2H3. The number of hydrogen-bond donors (Lipinski definition) is 0. The van der Waals surface area contributed by atoms with E-state index in [2.05, 4.69) is 102 Å². The number of fused-ring (bicyclic) bond motifs is 5. The van der Waals surface area contributed by atoms with Crippen molar-refractivity contribution in [2.45, 2.75) is 83.5 Å².